The molecule has 0 amide bonds. The van der Waals surface area contributed by atoms with Crippen LogP contribution in [-0.2, 0) is 44.2 Å². The maximum absolute atomic E-state index is 13.9. The van der Waals surface area contributed by atoms with E-state index in [1.165, 1.54) is 12.5 Å². The minimum absolute atomic E-state index is 0.138. The Kier molecular flexibility index (Phi) is 5.78. The number of anilines is 1. The first-order chi connectivity index (χ1) is 19.9. The number of hydrogen-bond acceptors (Lipinski definition) is 8. The fourth-order valence-corrected chi connectivity index (χ4v) is 6.37. The van der Waals surface area contributed by atoms with Gasteiger partial charge in [-0.2, -0.15) is 0 Å². The van der Waals surface area contributed by atoms with Crippen molar-refractivity contribution in [3.8, 4) is 11.4 Å². The molecule has 0 bridgehead atoms. The second kappa shape index (κ2) is 9.40. The summed E-state index contributed by atoms with van der Waals surface area (Å²) in [5.74, 6) is -1.29. The van der Waals surface area contributed by atoms with Crippen LogP contribution in [0.5, 0.6) is 0 Å². The molecule has 0 radical (unpaired) electrons. The zero-order valence-electron chi connectivity index (χ0n) is 22.8. The van der Waals surface area contributed by atoms with E-state index in [1.54, 1.807) is 17.6 Å². The monoisotopic (exact) mass is 548 g/mol. The molecule has 1 atom stereocenters. The molecule has 9 nitrogen and oxygen atoms in total. The molecular formula is C32H28N4O5. The maximum Gasteiger partial charge on any atom is 0.355 e. The fraction of sp³-hybridized carbons (Fsp3) is 0.281. The number of aliphatic imine (C=N–C) groups is 1. The molecule has 9 heteroatoms. The van der Waals surface area contributed by atoms with Crippen LogP contribution in [0.4, 0.5) is 11.4 Å². The molecule has 206 valence electrons. The highest BCUT2D eigenvalue weighted by Crippen LogP contribution is 2.47. The lowest BCUT2D eigenvalue weighted by molar-refractivity contribution is -0.188. The van der Waals surface area contributed by atoms with Crippen molar-refractivity contribution in [2.45, 2.75) is 51.9 Å². The van der Waals surface area contributed by atoms with Crippen LogP contribution in [0.3, 0.4) is 0 Å². The summed E-state index contributed by atoms with van der Waals surface area (Å²) in [6, 6.07) is 18.0. The molecule has 0 unspecified atom stereocenters. The molecule has 0 fully saturated rings. The number of carbonyl (C=O) groups is 2. The Morgan fingerprint density at radius 1 is 1.10 bits per heavy atom. The number of benzene rings is 2. The van der Waals surface area contributed by atoms with Crippen molar-refractivity contribution < 1.29 is 19.1 Å². The maximum atomic E-state index is 13.9. The van der Waals surface area contributed by atoms with E-state index in [1.807, 2.05) is 30.6 Å². The molecule has 0 saturated carbocycles. The predicted molar refractivity (Wildman–Crippen MR) is 154 cm³/mol. The van der Waals surface area contributed by atoms with Crippen LogP contribution < -0.4 is 10.5 Å². The minimum Gasteiger partial charge on any atom is -0.457 e. The average Bonchev–Trinajstić information content (AvgIpc) is 3.35. The van der Waals surface area contributed by atoms with E-state index in [9.17, 15) is 14.4 Å². The molecular weight excluding hydrogens is 520 g/mol. The summed E-state index contributed by atoms with van der Waals surface area (Å²) in [5, 5.41) is 0.959. The molecule has 0 spiro atoms. The van der Waals surface area contributed by atoms with Gasteiger partial charge in [0, 0.05) is 24.6 Å². The van der Waals surface area contributed by atoms with E-state index in [4.69, 9.17) is 19.5 Å². The predicted octanol–water partition coefficient (Wildman–Crippen LogP) is 4.76. The fourth-order valence-electron chi connectivity index (χ4n) is 6.37. The van der Waals surface area contributed by atoms with Crippen molar-refractivity contribution in [1.29, 1.82) is 0 Å². The van der Waals surface area contributed by atoms with Crippen molar-refractivity contribution in [3.63, 3.8) is 0 Å². The Hall–Kier alpha value is -4.79. The largest absolute Gasteiger partial charge is 0.457 e. The standard InChI is InChI=1S/C32H28N4O5/c1-3-32(41-19(2)37)23-15-26-28-21(16-36(26)30(38)22(23)17-40-31(32)39)29-27-24(12-7-13-25(27)34-28)33-18-35(29)14-8-11-20-9-5-4-6-10-20/h4-7,9-10,12-13,15,18H,3,8,11,14,16-17H2,1-2H3/t32-/m0/s1. The normalized spacial score (nSPS) is 18.1. The summed E-state index contributed by atoms with van der Waals surface area (Å²) >= 11 is 0. The summed E-state index contributed by atoms with van der Waals surface area (Å²) in [7, 11) is 0. The van der Waals surface area contributed by atoms with Gasteiger partial charge in [-0.05, 0) is 43.0 Å². The number of hydrogen-bond donors (Lipinski definition) is 0. The molecule has 3 aliphatic heterocycles. The number of cyclic esters (lactones) is 1. The lowest BCUT2D eigenvalue weighted by Gasteiger charge is -2.35. The molecule has 5 heterocycles. The summed E-state index contributed by atoms with van der Waals surface area (Å²) in [4.78, 5) is 50.9. The van der Waals surface area contributed by atoms with Crippen molar-refractivity contribution in [1.82, 2.24) is 9.55 Å². The van der Waals surface area contributed by atoms with Crippen molar-refractivity contribution in [3.05, 3.63) is 87.2 Å². The zero-order chi connectivity index (χ0) is 28.3. The van der Waals surface area contributed by atoms with Crippen LogP contribution in [0.15, 0.2) is 64.4 Å². The number of nitrogens with zero attached hydrogens (tertiary/aromatic N) is 4. The lowest BCUT2D eigenvalue weighted by Crippen LogP contribution is -2.47. The van der Waals surface area contributed by atoms with Gasteiger partial charge in [0.25, 0.3) is 5.56 Å². The highest BCUT2D eigenvalue weighted by molar-refractivity contribution is 6.11. The van der Waals surface area contributed by atoms with Gasteiger partial charge < -0.3 is 18.9 Å². The Morgan fingerprint density at radius 3 is 2.71 bits per heavy atom. The summed E-state index contributed by atoms with van der Waals surface area (Å²) in [6.07, 6.45) is 3.85. The first kappa shape index (κ1) is 25.2. The van der Waals surface area contributed by atoms with Gasteiger partial charge in [0.1, 0.15) is 6.61 Å². The van der Waals surface area contributed by atoms with Crippen LogP contribution in [-0.4, -0.2) is 34.4 Å². The van der Waals surface area contributed by atoms with Gasteiger partial charge in [-0.3, -0.25) is 9.59 Å². The second-order valence-corrected chi connectivity index (χ2v) is 10.6. The number of esters is 2. The van der Waals surface area contributed by atoms with Crippen LogP contribution in [0.25, 0.3) is 22.3 Å². The molecule has 2 aromatic heterocycles. The molecule has 41 heavy (non-hydrogen) atoms. The highest BCUT2D eigenvalue weighted by atomic mass is 16.6. The second-order valence-electron chi connectivity index (χ2n) is 10.6. The SMILES string of the molecule is CC[C@@]1(OC(C)=O)C(=O)OCc2c1cc1n(c2=O)Cc2c-1nc1cccc3c1c2N(CCCc1ccccc1)C=N3. The van der Waals surface area contributed by atoms with Gasteiger partial charge in [0.2, 0.25) is 5.60 Å². The van der Waals surface area contributed by atoms with Crippen molar-refractivity contribution in [2.24, 2.45) is 4.99 Å². The smallest absolute Gasteiger partial charge is 0.355 e. The first-order valence-corrected chi connectivity index (χ1v) is 13.9. The van der Waals surface area contributed by atoms with E-state index in [-0.39, 0.29) is 18.6 Å². The van der Waals surface area contributed by atoms with Crippen LogP contribution in [0, 0.1) is 0 Å². The Morgan fingerprint density at radius 2 is 1.93 bits per heavy atom. The molecule has 4 aromatic rings. The quantitative estimate of drug-likeness (QED) is 0.282. The van der Waals surface area contributed by atoms with E-state index < -0.39 is 17.5 Å². The number of pyridine rings is 2. The van der Waals surface area contributed by atoms with Crippen LogP contribution in [0.2, 0.25) is 0 Å². The molecule has 0 aliphatic carbocycles. The number of fused-ring (bicyclic) bond motifs is 5. The van der Waals surface area contributed by atoms with E-state index in [2.05, 4.69) is 29.2 Å². The van der Waals surface area contributed by atoms with Gasteiger partial charge >= 0.3 is 11.9 Å². The number of aromatic nitrogens is 2. The topological polar surface area (TPSA) is 103 Å². The third kappa shape index (κ3) is 3.79. The summed E-state index contributed by atoms with van der Waals surface area (Å²) in [6.45, 7) is 3.89. The van der Waals surface area contributed by atoms with Crippen LogP contribution >= 0.6 is 0 Å². The number of carbonyl (C=O) groups excluding carboxylic acids is 2. The Balaban J connectivity index is 1.37. The van der Waals surface area contributed by atoms with Crippen molar-refractivity contribution in [2.75, 3.05) is 11.4 Å². The lowest BCUT2D eigenvalue weighted by atomic mass is 9.85. The van der Waals surface area contributed by atoms with Crippen molar-refractivity contribution >= 4 is 40.6 Å². The first-order valence-electron chi connectivity index (χ1n) is 13.9. The van der Waals surface area contributed by atoms with E-state index in [0.29, 0.717) is 29.1 Å². The summed E-state index contributed by atoms with van der Waals surface area (Å²) < 4.78 is 12.7. The Labute approximate surface area is 236 Å². The minimum atomic E-state index is -1.68. The van der Waals surface area contributed by atoms with E-state index in [0.717, 1.165) is 47.2 Å². The van der Waals surface area contributed by atoms with Gasteiger partial charge in [0.05, 0.1) is 52.1 Å². The third-order valence-corrected chi connectivity index (χ3v) is 8.28. The van der Waals surface area contributed by atoms with Gasteiger partial charge in [-0.15, -0.1) is 0 Å². The molecule has 0 saturated heterocycles. The molecule has 2 aromatic carbocycles. The van der Waals surface area contributed by atoms with Crippen LogP contribution in [0.1, 0.15) is 48.9 Å². The van der Waals surface area contributed by atoms with Gasteiger partial charge in [-0.25, -0.2) is 14.8 Å². The highest BCUT2D eigenvalue weighted by Gasteiger charge is 2.50. The number of aryl methyl sites for hydroxylation is 1. The molecule has 0 N–H and O–H groups in total. The third-order valence-electron chi connectivity index (χ3n) is 8.28. The number of ether oxygens (including phenoxy) is 2. The molecule has 7 rings (SSSR count). The van der Waals surface area contributed by atoms with Gasteiger partial charge in [0.15, 0.2) is 0 Å². The Bertz CT molecular complexity index is 1850. The zero-order valence-corrected chi connectivity index (χ0v) is 22.8. The average molecular weight is 549 g/mol. The number of rotatable bonds is 6. The van der Waals surface area contributed by atoms with E-state index >= 15 is 0 Å². The summed E-state index contributed by atoms with van der Waals surface area (Å²) in [5.41, 5.74) is 4.85. The molecule has 3 aliphatic rings. The van der Waals surface area contributed by atoms with Gasteiger partial charge in [-0.1, -0.05) is 43.3 Å².